The molecule has 0 amide bonds. The van der Waals surface area contributed by atoms with Gasteiger partial charge in [-0.25, -0.2) is 9.97 Å². The lowest BCUT2D eigenvalue weighted by atomic mass is 10.1. The monoisotopic (exact) mass is 230 g/mol. The van der Waals surface area contributed by atoms with E-state index in [2.05, 4.69) is 20.9 Å². The summed E-state index contributed by atoms with van der Waals surface area (Å²) in [6.07, 6.45) is 10.8. The predicted octanol–water partition coefficient (Wildman–Crippen LogP) is 2.51. The summed E-state index contributed by atoms with van der Waals surface area (Å²) in [5.74, 6) is 0.724. The average Bonchev–Trinajstić information content (AvgIpc) is 2.66. The maximum Gasteiger partial charge on any atom is 0.183 e. The third-order valence-electron chi connectivity index (χ3n) is 3.49. The number of hydrogen-bond acceptors (Lipinski definition) is 4. The fourth-order valence-corrected chi connectivity index (χ4v) is 2.49. The lowest BCUT2D eigenvalue weighted by molar-refractivity contribution is 0.548. The molecule has 0 aromatic carbocycles. The van der Waals surface area contributed by atoms with Crippen LogP contribution in [0.3, 0.4) is 0 Å². The Balaban J connectivity index is 2.17. The Morgan fingerprint density at radius 3 is 2.47 bits per heavy atom. The SMILES string of the molecule is CN(c1nccnc1C#N)C1CCCCCC1. The predicted molar refractivity (Wildman–Crippen MR) is 66.6 cm³/mol. The van der Waals surface area contributed by atoms with Gasteiger partial charge in [0, 0.05) is 25.5 Å². The summed E-state index contributed by atoms with van der Waals surface area (Å²) in [6.45, 7) is 0. The minimum Gasteiger partial charge on any atom is -0.354 e. The Bertz CT molecular complexity index is 402. The molecule has 1 aromatic rings. The molecule has 4 nitrogen and oxygen atoms in total. The fraction of sp³-hybridized carbons (Fsp3) is 0.615. The zero-order chi connectivity index (χ0) is 12.1. The van der Waals surface area contributed by atoms with Gasteiger partial charge in [-0.1, -0.05) is 25.7 Å². The highest BCUT2D eigenvalue weighted by Crippen LogP contribution is 2.25. The highest BCUT2D eigenvalue weighted by atomic mass is 15.2. The molecule has 0 saturated heterocycles. The molecule has 2 rings (SSSR count). The summed E-state index contributed by atoms with van der Waals surface area (Å²) in [4.78, 5) is 10.5. The lowest BCUT2D eigenvalue weighted by Crippen LogP contribution is -2.32. The average molecular weight is 230 g/mol. The largest absolute Gasteiger partial charge is 0.354 e. The van der Waals surface area contributed by atoms with Crippen molar-refractivity contribution >= 4 is 5.82 Å². The highest BCUT2D eigenvalue weighted by molar-refractivity contribution is 5.49. The van der Waals surface area contributed by atoms with Crippen LogP contribution in [0.4, 0.5) is 5.82 Å². The number of rotatable bonds is 2. The molecule has 1 saturated carbocycles. The summed E-state index contributed by atoms with van der Waals surface area (Å²) in [5.41, 5.74) is 0.430. The first kappa shape index (κ1) is 11.8. The van der Waals surface area contributed by atoms with E-state index in [4.69, 9.17) is 5.26 Å². The van der Waals surface area contributed by atoms with Crippen molar-refractivity contribution in [2.75, 3.05) is 11.9 Å². The van der Waals surface area contributed by atoms with Crippen LogP contribution in [0.5, 0.6) is 0 Å². The Hall–Kier alpha value is -1.63. The molecular formula is C13H18N4. The smallest absolute Gasteiger partial charge is 0.183 e. The van der Waals surface area contributed by atoms with Crippen molar-refractivity contribution in [3.8, 4) is 6.07 Å². The first-order chi connectivity index (χ1) is 8.33. The zero-order valence-corrected chi connectivity index (χ0v) is 10.3. The molecule has 1 heterocycles. The fourth-order valence-electron chi connectivity index (χ4n) is 2.49. The van der Waals surface area contributed by atoms with Gasteiger partial charge in [0.25, 0.3) is 0 Å². The number of nitriles is 1. The van der Waals surface area contributed by atoms with Gasteiger partial charge in [-0.05, 0) is 12.8 Å². The van der Waals surface area contributed by atoms with E-state index < -0.39 is 0 Å². The molecule has 0 aliphatic heterocycles. The second kappa shape index (κ2) is 5.62. The minimum absolute atomic E-state index is 0.430. The second-order valence-electron chi connectivity index (χ2n) is 4.60. The van der Waals surface area contributed by atoms with Crippen LogP contribution in [-0.2, 0) is 0 Å². The van der Waals surface area contributed by atoms with Gasteiger partial charge in [-0.2, -0.15) is 5.26 Å². The molecule has 1 fully saturated rings. The Morgan fingerprint density at radius 1 is 1.18 bits per heavy atom. The van der Waals surface area contributed by atoms with E-state index in [1.807, 2.05) is 7.05 Å². The molecule has 1 aromatic heterocycles. The molecule has 1 aliphatic carbocycles. The van der Waals surface area contributed by atoms with E-state index in [0.29, 0.717) is 11.7 Å². The van der Waals surface area contributed by atoms with Crippen LogP contribution in [0.1, 0.15) is 44.2 Å². The molecule has 4 heteroatoms. The van der Waals surface area contributed by atoms with Crippen molar-refractivity contribution in [2.45, 2.75) is 44.6 Å². The normalized spacial score (nSPS) is 17.2. The summed E-state index contributed by atoms with van der Waals surface area (Å²) >= 11 is 0. The van der Waals surface area contributed by atoms with Gasteiger partial charge in [0.05, 0.1) is 0 Å². The van der Waals surface area contributed by atoms with Crippen LogP contribution in [0.15, 0.2) is 12.4 Å². The topological polar surface area (TPSA) is 52.8 Å². The van der Waals surface area contributed by atoms with Crippen molar-refractivity contribution in [3.05, 3.63) is 18.1 Å². The molecule has 0 radical (unpaired) electrons. The van der Waals surface area contributed by atoms with Crippen LogP contribution in [0.2, 0.25) is 0 Å². The lowest BCUT2D eigenvalue weighted by Gasteiger charge is -2.28. The molecule has 0 N–H and O–H groups in total. The van der Waals surface area contributed by atoms with Gasteiger partial charge in [0.1, 0.15) is 6.07 Å². The quantitative estimate of drug-likeness (QED) is 0.732. The molecule has 0 bridgehead atoms. The first-order valence-corrected chi connectivity index (χ1v) is 6.27. The van der Waals surface area contributed by atoms with E-state index >= 15 is 0 Å². The van der Waals surface area contributed by atoms with E-state index in [9.17, 15) is 0 Å². The summed E-state index contributed by atoms with van der Waals surface area (Å²) in [7, 11) is 2.03. The highest BCUT2D eigenvalue weighted by Gasteiger charge is 2.20. The summed E-state index contributed by atoms with van der Waals surface area (Å²) in [5, 5.41) is 9.04. The number of hydrogen-bond donors (Lipinski definition) is 0. The number of nitrogens with zero attached hydrogens (tertiary/aromatic N) is 4. The van der Waals surface area contributed by atoms with Crippen molar-refractivity contribution < 1.29 is 0 Å². The maximum atomic E-state index is 9.04. The minimum atomic E-state index is 0.430. The molecule has 0 unspecified atom stereocenters. The third kappa shape index (κ3) is 2.73. The third-order valence-corrected chi connectivity index (χ3v) is 3.49. The van der Waals surface area contributed by atoms with E-state index in [1.54, 1.807) is 12.4 Å². The van der Waals surface area contributed by atoms with Gasteiger partial charge in [-0.15, -0.1) is 0 Å². The van der Waals surface area contributed by atoms with Gasteiger partial charge >= 0.3 is 0 Å². The van der Waals surface area contributed by atoms with Gasteiger partial charge in [0.15, 0.2) is 11.5 Å². The van der Waals surface area contributed by atoms with Crippen LogP contribution in [0, 0.1) is 11.3 Å². The van der Waals surface area contributed by atoms with Gasteiger partial charge in [-0.3, -0.25) is 0 Å². The standard InChI is InChI=1S/C13H18N4/c1-17(11-6-4-2-3-5-7-11)13-12(10-14)15-8-9-16-13/h8-9,11H,2-7H2,1H3. The van der Waals surface area contributed by atoms with E-state index in [1.165, 1.54) is 38.5 Å². The molecule has 90 valence electrons. The Labute approximate surface area is 102 Å². The van der Waals surface area contributed by atoms with E-state index in [0.717, 1.165) is 5.82 Å². The van der Waals surface area contributed by atoms with Crippen LogP contribution in [0.25, 0.3) is 0 Å². The zero-order valence-electron chi connectivity index (χ0n) is 10.3. The van der Waals surface area contributed by atoms with E-state index in [-0.39, 0.29) is 0 Å². The maximum absolute atomic E-state index is 9.04. The molecule has 0 spiro atoms. The van der Waals surface area contributed by atoms with Crippen molar-refractivity contribution in [1.29, 1.82) is 5.26 Å². The molecular weight excluding hydrogens is 212 g/mol. The number of anilines is 1. The summed E-state index contributed by atoms with van der Waals surface area (Å²) in [6, 6.07) is 2.62. The van der Waals surface area contributed by atoms with Gasteiger partial charge < -0.3 is 4.90 Å². The van der Waals surface area contributed by atoms with Gasteiger partial charge in [0.2, 0.25) is 0 Å². The number of aromatic nitrogens is 2. The Kier molecular flexibility index (Phi) is 3.92. The molecule has 0 atom stereocenters. The van der Waals surface area contributed by atoms with Crippen LogP contribution < -0.4 is 4.90 Å². The van der Waals surface area contributed by atoms with Crippen molar-refractivity contribution in [3.63, 3.8) is 0 Å². The second-order valence-corrected chi connectivity index (χ2v) is 4.60. The first-order valence-electron chi connectivity index (χ1n) is 6.27. The van der Waals surface area contributed by atoms with Crippen molar-refractivity contribution in [2.24, 2.45) is 0 Å². The Morgan fingerprint density at radius 2 is 1.82 bits per heavy atom. The molecule has 1 aliphatic rings. The van der Waals surface area contributed by atoms with Crippen LogP contribution >= 0.6 is 0 Å². The molecule has 17 heavy (non-hydrogen) atoms. The van der Waals surface area contributed by atoms with Crippen LogP contribution in [-0.4, -0.2) is 23.1 Å². The summed E-state index contributed by atoms with van der Waals surface area (Å²) < 4.78 is 0. The van der Waals surface area contributed by atoms with Crippen molar-refractivity contribution in [1.82, 2.24) is 9.97 Å².